The van der Waals surface area contributed by atoms with Crippen molar-refractivity contribution in [2.24, 2.45) is 0 Å². The highest BCUT2D eigenvalue weighted by Gasteiger charge is 2.21. The molecule has 0 bridgehead atoms. The summed E-state index contributed by atoms with van der Waals surface area (Å²) in [5.41, 5.74) is 0.810. The van der Waals surface area contributed by atoms with Gasteiger partial charge in [0.05, 0.1) is 0 Å². The number of carbonyl (C=O) groups excluding carboxylic acids is 1. The van der Waals surface area contributed by atoms with Gasteiger partial charge >= 0.3 is 0 Å². The number of hydrogen-bond acceptors (Lipinski definition) is 4. The lowest BCUT2D eigenvalue weighted by atomic mass is 9.96. The number of amides is 1. The van der Waals surface area contributed by atoms with Crippen molar-refractivity contribution in [3.8, 4) is 0 Å². The lowest BCUT2D eigenvalue weighted by Crippen LogP contribution is -2.23. The molecule has 2 rings (SSSR count). The maximum absolute atomic E-state index is 11.8. The van der Waals surface area contributed by atoms with Crippen molar-refractivity contribution in [3.63, 3.8) is 0 Å². The fourth-order valence-corrected chi connectivity index (χ4v) is 2.03. The van der Waals surface area contributed by atoms with Gasteiger partial charge in [0.15, 0.2) is 5.82 Å². The van der Waals surface area contributed by atoms with Crippen molar-refractivity contribution in [3.05, 3.63) is 46.6 Å². The summed E-state index contributed by atoms with van der Waals surface area (Å²) in [6.07, 6.45) is 0.747. The summed E-state index contributed by atoms with van der Waals surface area (Å²) >= 11 is 5.90. The van der Waals surface area contributed by atoms with Gasteiger partial charge < -0.3 is 9.84 Å². The van der Waals surface area contributed by atoms with E-state index in [1.165, 1.54) is 0 Å². The number of nitrogens with zero attached hydrogens (tertiary/aromatic N) is 2. The second-order valence-electron chi connectivity index (χ2n) is 6.17. The van der Waals surface area contributed by atoms with Gasteiger partial charge in [-0.15, -0.1) is 0 Å². The maximum atomic E-state index is 11.8. The lowest BCUT2D eigenvalue weighted by molar-refractivity contribution is -0.121. The van der Waals surface area contributed by atoms with Crippen LogP contribution in [0.3, 0.4) is 0 Å². The lowest BCUT2D eigenvalue weighted by Gasteiger charge is -2.10. The molecule has 0 unspecified atom stereocenters. The molecule has 1 N–H and O–H groups in total. The van der Waals surface area contributed by atoms with Crippen molar-refractivity contribution >= 4 is 17.5 Å². The molecule has 6 heteroatoms. The minimum Gasteiger partial charge on any atom is -0.352 e. The first-order chi connectivity index (χ1) is 10.3. The van der Waals surface area contributed by atoms with Crippen molar-refractivity contribution in [2.75, 3.05) is 0 Å². The summed E-state index contributed by atoms with van der Waals surface area (Å²) < 4.78 is 5.16. The summed E-state index contributed by atoms with van der Waals surface area (Å²) in [6.45, 7) is 6.49. The third-order valence-corrected chi connectivity index (χ3v) is 3.32. The van der Waals surface area contributed by atoms with Crippen LogP contribution in [0.4, 0.5) is 0 Å². The molecule has 5 nitrogen and oxygen atoms in total. The monoisotopic (exact) mass is 321 g/mol. The van der Waals surface area contributed by atoms with Crippen LogP contribution in [0.15, 0.2) is 28.8 Å². The summed E-state index contributed by atoms with van der Waals surface area (Å²) in [5, 5.41) is 7.44. The Morgan fingerprint density at radius 2 is 2.14 bits per heavy atom. The van der Waals surface area contributed by atoms with E-state index in [0.717, 1.165) is 5.56 Å². The minimum absolute atomic E-state index is 0.0597. The molecule has 1 aromatic carbocycles. The van der Waals surface area contributed by atoms with Gasteiger partial charge in [0.25, 0.3) is 0 Å². The third-order valence-electron chi connectivity index (χ3n) is 3.08. The van der Waals surface area contributed by atoms with Gasteiger partial charge in [-0.1, -0.05) is 49.7 Å². The molecule has 0 saturated carbocycles. The molecule has 0 radical (unpaired) electrons. The molecule has 22 heavy (non-hydrogen) atoms. The van der Waals surface area contributed by atoms with E-state index in [0.29, 0.717) is 36.1 Å². The van der Waals surface area contributed by atoms with Crippen LogP contribution in [0.1, 0.15) is 44.5 Å². The fourth-order valence-electron chi connectivity index (χ4n) is 1.82. The van der Waals surface area contributed by atoms with E-state index in [1.54, 1.807) is 6.07 Å². The predicted octanol–water partition coefficient (Wildman–Crippen LogP) is 3.27. The van der Waals surface area contributed by atoms with E-state index in [4.69, 9.17) is 16.1 Å². The smallest absolute Gasteiger partial charge is 0.227 e. The topological polar surface area (TPSA) is 68.0 Å². The van der Waals surface area contributed by atoms with Crippen LogP contribution in [-0.4, -0.2) is 16.0 Å². The zero-order chi connectivity index (χ0) is 16.2. The molecule has 0 spiro atoms. The van der Waals surface area contributed by atoms with Crippen LogP contribution in [0, 0.1) is 0 Å². The van der Waals surface area contributed by atoms with Crippen LogP contribution in [0.25, 0.3) is 0 Å². The number of hydrogen-bond donors (Lipinski definition) is 1. The Bertz CT molecular complexity index is 647. The maximum Gasteiger partial charge on any atom is 0.227 e. The van der Waals surface area contributed by atoms with Crippen molar-refractivity contribution in [1.29, 1.82) is 0 Å². The number of carbonyl (C=O) groups is 1. The molecule has 0 fully saturated rings. The molecule has 0 aliphatic heterocycles. The van der Waals surface area contributed by atoms with Crippen LogP contribution >= 0.6 is 11.6 Å². The minimum atomic E-state index is -0.156. The molecule has 0 aliphatic rings. The Kier molecular flexibility index (Phi) is 5.19. The molecule has 0 atom stereocenters. The molecule has 0 aliphatic carbocycles. The third kappa shape index (κ3) is 4.84. The summed E-state index contributed by atoms with van der Waals surface area (Å²) in [6, 6.07) is 7.40. The van der Waals surface area contributed by atoms with Crippen LogP contribution < -0.4 is 5.32 Å². The van der Waals surface area contributed by atoms with E-state index in [-0.39, 0.29) is 11.3 Å². The average Bonchev–Trinajstić information content (AvgIpc) is 2.92. The van der Waals surface area contributed by atoms with Crippen molar-refractivity contribution in [2.45, 2.75) is 45.6 Å². The number of aryl methyl sites for hydroxylation is 1. The second-order valence-corrected chi connectivity index (χ2v) is 6.60. The van der Waals surface area contributed by atoms with Crippen molar-refractivity contribution < 1.29 is 9.32 Å². The van der Waals surface area contributed by atoms with Gasteiger partial charge in [-0.25, -0.2) is 0 Å². The normalized spacial score (nSPS) is 11.5. The Morgan fingerprint density at radius 3 is 2.77 bits per heavy atom. The highest BCUT2D eigenvalue weighted by molar-refractivity contribution is 6.30. The van der Waals surface area contributed by atoms with Gasteiger partial charge in [-0.3, -0.25) is 4.79 Å². The predicted molar refractivity (Wildman–Crippen MR) is 84.6 cm³/mol. The van der Waals surface area contributed by atoms with Crippen LogP contribution in [0.5, 0.6) is 0 Å². The molecular weight excluding hydrogens is 302 g/mol. The average molecular weight is 322 g/mol. The Hall–Kier alpha value is -1.88. The summed E-state index contributed by atoms with van der Waals surface area (Å²) in [4.78, 5) is 16.2. The number of rotatable bonds is 5. The summed E-state index contributed by atoms with van der Waals surface area (Å²) in [5.74, 6) is 1.08. The van der Waals surface area contributed by atoms with E-state index < -0.39 is 0 Å². The number of benzene rings is 1. The molecular formula is C16H20ClN3O2. The molecule has 1 heterocycles. The highest BCUT2D eigenvalue weighted by Crippen LogP contribution is 2.18. The Morgan fingerprint density at radius 1 is 1.36 bits per heavy atom. The van der Waals surface area contributed by atoms with Crippen LogP contribution in [0.2, 0.25) is 5.02 Å². The van der Waals surface area contributed by atoms with E-state index >= 15 is 0 Å². The van der Waals surface area contributed by atoms with Crippen molar-refractivity contribution in [1.82, 2.24) is 15.5 Å². The zero-order valence-electron chi connectivity index (χ0n) is 13.0. The number of aromatic nitrogens is 2. The van der Waals surface area contributed by atoms with E-state index in [2.05, 4.69) is 15.5 Å². The first-order valence-corrected chi connectivity index (χ1v) is 7.56. The molecule has 1 aromatic heterocycles. The van der Waals surface area contributed by atoms with E-state index in [9.17, 15) is 4.79 Å². The van der Waals surface area contributed by atoms with E-state index in [1.807, 2.05) is 39.0 Å². The van der Waals surface area contributed by atoms with Gasteiger partial charge in [-0.05, 0) is 17.7 Å². The molecule has 1 amide bonds. The Balaban J connectivity index is 1.79. The van der Waals surface area contributed by atoms with Crippen LogP contribution in [-0.2, 0) is 23.2 Å². The SMILES string of the molecule is CC(C)(C)c1noc(CCC(=O)NCc2cccc(Cl)c2)n1. The Labute approximate surface area is 135 Å². The standard InChI is InChI=1S/C16H20ClN3O2/c1-16(2,3)15-19-14(22-20-15)8-7-13(21)18-10-11-5-4-6-12(17)9-11/h4-6,9H,7-8,10H2,1-3H3,(H,18,21). The quantitative estimate of drug-likeness (QED) is 0.917. The summed E-state index contributed by atoms with van der Waals surface area (Å²) in [7, 11) is 0. The second kappa shape index (κ2) is 6.92. The van der Waals surface area contributed by atoms with Gasteiger partial charge in [0.1, 0.15) is 0 Å². The molecule has 118 valence electrons. The number of nitrogens with one attached hydrogen (secondary N) is 1. The largest absolute Gasteiger partial charge is 0.352 e. The first kappa shape index (κ1) is 16.5. The van der Waals surface area contributed by atoms with Gasteiger partial charge in [0.2, 0.25) is 11.8 Å². The zero-order valence-corrected chi connectivity index (χ0v) is 13.8. The highest BCUT2D eigenvalue weighted by atomic mass is 35.5. The van der Waals surface area contributed by atoms with Gasteiger partial charge in [0, 0.05) is 29.8 Å². The number of halogens is 1. The first-order valence-electron chi connectivity index (χ1n) is 7.19. The fraction of sp³-hybridized carbons (Fsp3) is 0.438. The molecule has 2 aromatic rings. The van der Waals surface area contributed by atoms with Gasteiger partial charge in [-0.2, -0.15) is 4.98 Å². The molecule has 0 saturated heterocycles.